The molecule has 1 saturated heterocycles. The van der Waals surface area contributed by atoms with E-state index in [9.17, 15) is 14.7 Å². The lowest BCUT2D eigenvalue weighted by atomic mass is 9.96. The van der Waals surface area contributed by atoms with Crippen LogP contribution >= 0.6 is 0 Å². The summed E-state index contributed by atoms with van der Waals surface area (Å²) in [5.74, 6) is -0.355. The van der Waals surface area contributed by atoms with Gasteiger partial charge in [0.15, 0.2) is 5.76 Å². The Bertz CT molecular complexity index is 1600. The summed E-state index contributed by atoms with van der Waals surface area (Å²) >= 11 is 0. The van der Waals surface area contributed by atoms with Gasteiger partial charge in [-0.2, -0.15) is 0 Å². The number of nitrogens with zero attached hydrogens (tertiary/aromatic N) is 4. The Labute approximate surface area is 240 Å². The monoisotopic (exact) mass is 552 g/mol. The number of ketones is 1. The molecule has 212 valence electrons. The first kappa shape index (κ1) is 28.1. The molecule has 0 saturated carbocycles. The smallest absolute Gasteiger partial charge is 0.295 e. The molecule has 8 nitrogen and oxygen atoms in total. The van der Waals surface area contributed by atoms with Gasteiger partial charge in [-0.25, -0.2) is 4.98 Å². The summed E-state index contributed by atoms with van der Waals surface area (Å²) in [4.78, 5) is 35.7. The van der Waals surface area contributed by atoms with E-state index in [1.54, 1.807) is 4.90 Å². The Balaban J connectivity index is 1.60. The number of pyridine rings is 1. The van der Waals surface area contributed by atoms with Crippen LogP contribution in [0.25, 0.3) is 11.4 Å². The molecule has 1 unspecified atom stereocenters. The second kappa shape index (κ2) is 12.0. The third-order valence-corrected chi connectivity index (χ3v) is 7.77. The van der Waals surface area contributed by atoms with Crippen LogP contribution in [0, 0.1) is 13.8 Å². The SMILES string of the molecule is CCN(CC)CCCN1C(=O)C(=O)C(=C(O)c2nc3c(C)cccn3c2C)C1c1cccc(Oc2ccccc2)c1. The number of likely N-dealkylation sites (tertiary alicyclic amines) is 1. The van der Waals surface area contributed by atoms with Crippen molar-refractivity contribution >= 4 is 23.1 Å². The van der Waals surface area contributed by atoms with Crippen LogP contribution in [0.4, 0.5) is 0 Å². The van der Waals surface area contributed by atoms with Gasteiger partial charge in [-0.1, -0.05) is 50.2 Å². The molecule has 5 rings (SSSR count). The highest BCUT2D eigenvalue weighted by atomic mass is 16.5. The summed E-state index contributed by atoms with van der Waals surface area (Å²) in [5, 5.41) is 11.7. The topological polar surface area (TPSA) is 87.4 Å². The third kappa shape index (κ3) is 5.47. The van der Waals surface area contributed by atoms with E-state index in [1.165, 1.54) is 0 Å². The zero-order valence-electron chi connectivity index (χ0n) is 24.0. The van der Waals surface area contributed by atoms with Gasteiger partial charge in [-0.05, 0) is 81.4 Å². The maximum absolute atomic E-state index is 13.6. The van der Waals surface area contributed by atoms with Gasteiger partial charge >= 0.3 is 0 Å². The molecule has 1 aliphatic heterocycles. The molecule has 0 radical (unpaired) electrons. The van der Waals surface area contributed by atoms with Crippen LogP contribution < -0.4 is 4.74 Å². The molecule has 1 N–H and O–H groups in total. The Hall–Kier alpha value is -4.43. The van der Waals surface area contributed by atoms with E-state index in [4.69, 9.17) is 9.72 Å². The fourth-order valence-corrected chi connectivity index (χ4v) is 5.51. The molecule has 41 heavy (non-hydrogen) atoms. The van der Waals surface area contributed by atoms with Gasteiger partial charge in [-0.3, -0.25) is 9.59 Å². The first-order chi connectivity index (χ1) is 19.8. The number of rotatable bonds is 10. The van der Waals surface area contributed by atoms with E-state index in [0.29, 0.717) is 47.1 Å². The van der Waals surface area contributed by atoms with Gasteiger partial charge in [0.25, 0.3) is 11.7 Å². The molecule has 1 amide bonds. The van der Waals surface area contributed by atoms with Crippen LogP contribution in [0.15, 0.2) is 78.5 Å². The summed E-state index contributed by atoms with van der Waals surface area (Å²) in [6, 6.07) is 19.9. The number of ether oxygens (including phenoxy) is 1. The number of Topliss-reactive ketones (excluding diaryl/α,β-unsaturated/α-hetero) is 1. The summed E-state index contributed by atoms with van der Waals surface area (Å²) in [5.41, 5.74) is 3.33. The number of aliphatic hydroxyl groups is 1. The van der Waals surface area contributed by atoms with Crippen molar-refractivity contribution in [1.82, 2.24) is 19.2 Å². The van der Waals surface area contributed by atoms with Gasteiger partial charge in [0.05, 0.1) is 17.3 Å². The maximum atomic E-state index is 13.6. The number of hydrogen-bond donors (Lipinski definition) is 1. The number of carbonyl (C=O) groups excluding carboxylic acids is 2. The second-order valence-corrected chi connectivity index (χ2v) is 10.3. The molecule has 2 aromatic heterocycles. The summed E-state index contributed by atoms with van der Waals surface area (Å²) < 4.78 is 7.96. The number of hydrogen-bond acceptors (Lipinski definition) is 6. The Morgan fingerprint density at radius 1 is 0.976 bits per heavy atom. The van der Waals surface area contributed by atoms with Crippen molar-refractivity contribution in [2.24, 2.45) is 0 Å². The van der Waals surface area contributed by atoms with Crippen molar-refractivity contribution in [3.05, 3.63) is 101 Å². The molecular formula is C33H36N4O4. The van der Waals surface area contributed by atoms with E-state index in [1.807, 2.05) is 91.2 Å². The standard InChI is InChI=1S/C33H36N4O4/c1-5-35(6-2)18-12-20-37-29(24-14-10-17-26(21-24)41-25-15-8-7-9-16-25)27(31(39)33(37)40)30(38)28-23(4)36-19-11-13-22(3)32(36)34-28/h7-11,13-17,19,21,29,38H,5-6,12,18,20H2,1-4H3. The van der Waals surface area contributed by atoms with Crippen molar-refractivity contribution in [3.8, 4) is 11.5 Å². The van der Waals surface area contributed by atoms with E-state index in [-0.39, 0.29) is 11.3 Å². The normalized spacial score (nSPS) is 16.7. The van der Waals surface area contributed by atoms with Crippen LogP contribution in [0.1, 0.15) is 48.8 Å². The molecule has 0 bridgehead atoms. The highest BCUT2D eigenvalue weighted by molar-refractivity contribution is 6.46. The number of imidazole rings is 1. The Kier molecular flexibility index (Phi) is 8.21. The molecule has 0 aliphatic carbocycles. The molecule has 1 atom stereocenters. The first-order valence-corrected chi connectivity index (χ1v) is 14.1. The van der Waals surface area contributed by atoms with Crippen LogP contribution in [0.3, 0.4) is 0 Å². The zero-order chi connectivity index (χ0) is 29.1. The van der Waals surface area contributed by atoms with Gasteiger partial charge in [0.2, 0.25) is 0 Å². The first-order valence-electron chi connectivity index (χ1n) is 14.1. The molecule has 3 heterocycles. The van der Waals surface area contributed by atoms with Crippen molar-refractivity contribution in [1.29, 1.82) is 0 Å². The maximum Gasteiger partial charge on any atom is 0.295 e. The second-order valence-electron chi connectivity index (χ2n) is 10.3. The number of para-hydroxylation sites is 1. The molecule has 8 heteroatoms. The van der Waals surface area contributed by atoms with Crippen molar-refractivity contribution in [2.45, 2.75) is 40.2 Å². The number of aromatic nitrogens is 2. The molecular weight excluding hydrogens is 516 g/mol. The van der Waals surface area contributed by atoms with E-state index >= 15 is 0 Å². The van der Waals surface area contributed by atoms with Crippen molar-refractivity contribution in [2.75, 3.05) is 26.2 Å². The highest BCUT2D eigenvalue weighted by Crippen LogP contribution is 2.41. The van der Waals surface area contributed by atoms with E-state index in [2.05, 4.69) is 18.7 Å². The fraction of sp³-hybridized carbons (Fsp3) is 0.303. The predicted molar refractivity (Wildman–Crippen MR) is 159 cm³/mol. The van der Waals surface area contributed by atoms with Crippen LogP contribution in [-0.4, -0.2) is 62.2 Å². The minimum absolute atomic E-state index is 0.0406. The largest absolute Gasteiger partial charge is 0.505 e. The highest BCUT2D eigenvalue weighted by Gasteiger charge is 2.46. The van der Waals surface area contributed by atoms with Gasteiger partial charge < -0.3 is 24.0 Å². The van der Waals surface area contributed by atoms with Gasteiger partial charge in [0.1, 0.15) is 22.8 Å². The number of amides is 1. The summed E-state index contributed by atoms with van der Waals surface area (Å²) in [6.07, 6.45) is 2.56. The fourth-order valence-electron chi connectivity index (χ4n) is 5.51. The molecule has 1 fully saturated rings. The number of aryl methyl sites for hydroxylation is 2. The van der Waals surface area contributed by atoms with Gasteiger partial charge in [0, 0.05) is 12.7 Å². The summed E-state index contributed by atoms with van der Waals surface area (Å²) in [6.45, 7) is 11.0. The Morgan fingerprint density at radius 3 is 2.41 bits per heavy atom. The predicted octanol–water partition coefficient (Wildman–Crippen LogP) is 5.90. The number of aliphatic hydroxyl groups excluding tert-OH is 1. The third-order valence-electron chi connectivity index (χ3n) is 7.77. The van der Waals surface area contributed by atoms with Crippen LogP contribution in [0.5, 0.6) is 11.5 Å². The Morgan fingerprint density at radius 2 is 1.71 bits per heavy atom. The minimum Gasteiger partial charge on any atom is -0.505 e. The van der Waals surface area contributed by atoms with Gasteiger partial charge in [-0.15, -0.1) is 0 Å². The molecule has 0 spiro atoms. The zero-order valence-corrected chi connectivity index (χ0v) is 24.0. The lowest BCUT2D eigenvalue weighted by Gasteiger charge is -2.27. The molecule has 1 aliphatic rings. The van der Waals surface area contributed by atoms with Crippen molar-refractivity contribution in [3.63, 3.8) is 0 Å². The van der Waals surface area contributed by atoms with Crippen molar-refractivity contribution < 1.29 is 19.4 Å². The lowest BCUT2D eigenvalue weighted by Crippen LogP contribution is -2.33. The minimum atomic E-state index is -0.781. The van der Waals surface area contributed by atoms with Crippen LogP contribution in [0.2, 0.25) is 0 Å². The lowest BCUT2D eigenvalue weighted by molar-refractivity contribution is -0.140. The average molecular weight is 553 g/mol. The average Bonchev–Trinajstić information content (AvgIpc) is 3.45. The van der Waals surface area contributed by atoms with Crippen LogP contribution in [-0.2, 0) is 9.59 Å². The quantitative estimate of drug-likeness (QED) is 0.150. The molecule has 2 aromatic carbocycles. The number of fused-ring (bicyclic) bond motifs is 1. The van der Waals surface area contributed by atoms with E-state index < -0.39 is 17.7 Å². The number of benzene rings is 2. The van der Waals surface area contributed by atoms with E-state index in [0.717, 1.165) is 25.2 Å². The number of carbonyl (C=O) groups is 2. The molecule has 4 aromatic rings. The summed E-state index contributed by atoms with van der Waals surface area (Å²) in [7, 11) is 0.